The van der Waals surface area contributed by atoms with Crippen LogP contribution in [0.1, 0.15) is 31.0 Å². The lowest BCUT2D eigenvalue weighted by atomic mass is 10.0. The Kier molecular flexibility index (Phi) is 4.31. The molecule has 18 heavy (non-hydrogen) atoms. The molecule has 0 atom stereocenters. The third-order valence-corrected chi connectivity index (χ3v) is 2.70. The number of carbonyl (C=O) groups excluding carboxylic acids is 1. The second-order valence-electron chi connectivity index (χ2n) is 4.39. The molecule has 0 aliphatic heterocycles. The van der Waals surface area contributed by atoms with Crippen LogP contribution in [0.4, 0.5) is 10.5 Å². The van der Waals surface area contributed by atoms with Crippen molar-refractivity contribution in [2.75, 3.05) is 11.9 Å². The van der Waals surface area contributed by atoms with Gasteiger partial charge in [0, 0.05) is 13.2 Å². The number of hydrogen-bond acceptors (Lipinski definition) is 3. The fraction of sp³-hybridized carbons (Fsp3) is 0.385. The summed E-state index contributed by atoms with van der Waals surface area (Å²) in [6, 6.07) is 1.27. The third-order valence-electron chi connectivity index (χ3n) is 2.70. The van der Waals surface area contributed by atoms with Crippen LogP contribution in [0, 0.1) is 6.92 Å². The van der Waals surface area contributed by atoms with Gasteiger partial charge in [-0.05, 0) is 24.5 Å². The Hall–Kier alpha value is -2.04. The molecule has 3 N–H and O–H groups in total. The average Bonchev–Trinajstić information content (AvgIpc) is 2.30. The molecule has 0 bridgehead atoms. The Morgan fingerprint density at radius 2 is 2.17 bits per heavy atom. The van der Waals surface area contributed by atoms with Gasteiger partial charge in [-0.2, -0.15) is 0 Å². The normalized spacial score (nSPS) is 10.3. The number of carbonyl (C=O) groups is 1. The molecule has 2 amide bonds. The van der Waals surface area contributed by atoms with Gasteiger partial charge in [0.05, 0.1) is 11.4 Å². The van der Waals surface area contributed by atoms with Gasteiger partial charge < -0.3 is 11.1 Å². The Morgan fingerprint density at radius 1 is 1.56 bits per heavy atom. The summed E-state index contributed by atoms with van der Waals surface area (Å²) in [4.78, 5) is 17.3. The number of amides is 2. The summed E-state index contributed by atoms with van der Waals surface area (Å²) in [6.07, 6.45) is 1.73. The van der Waals surface area contributed by atoms with E-state index in [4.69, 9.17) is 5.73 Å². The van der Waals surface area contributed by atoms with E-state index in [1.54, 1.807) is 13.2 Å². The number of urea groups is 1. The molecule has 0 unspecified atom stereocenters. The van der Waals surface area contributed by atoms with Crippen LogP contribution in [0.15, 0.2) is 24.7 Å². The molecule has 0 aliphatic rings. The number of pyridine rings is 1. The number of aromatic nitrogens is 1. The number of anilines is 1. The van der Waals surface area contributed by atoms with Crippen LogP contribution in [0.2, 0.25) is 0 Å². The zero-order valence-electron chi connectivity index (χ0n) is 11.3. The van der Waals surface area contributed by atoms with Crippen molar-refractivity contribution in [1.82, 2.24) is 10.3 Å². The summed E-state index contributed by atoms with van der Waals surface area (Å²) in [5, 5.41) is 2.84. The lowest BCUT2D eigenvalue weighted by Gasteiger charge is -2.26. The number of rotatable bonds is 4. The summed E-state index contributed by atoms with van der Waals surface area (Å²) >= 11 is 0. The molecular weight excluding hydrogens is 228 g/mol. The largest absolute Gasteiger partial charge is 0.375 e. The summed E-state index contributed by atoms with van der Waals surface area (Å²) in [7, 11) is 1.69. The minimum atomic E-state index is -0.577. The molecule has 0 saturated carbocycles. The van der Waals surface area contributed by atoms with E-state index in [9.17, 15) is 4.79 Å². The maximum absolute atomic E-state index is 11.6. The average molecular weight is 248 g/mol. The standard InChI is InChI=1S/C13H20N4O/c1-8(2)11-12(9(3)6-7-16-11)17(13(14)18)10(4)15-5/h6-8,15H,4H2,1-3,5H3,(H2,14,18). The van der Waals surface area contributed by atoms with Crippen molar-refractivity contribution in [3.05, 3.63) is 35.9 Å². The van der Waals surface area contributed by atoms with Crippen LogP contribution in [0.25, 0.3) is 0 Å². The van der Waals surface area contributed by atoms with Crippen molar-refractivity contribution in [3.8, 4) is 0 Å². The lowest BCUT2D eigenvalue weighted by Crippen LogP contribution is -2.40. The van der Waals surface area contributed by atoms with Crippen molar-refractivity contribution in [3.63, 3.8) is 0 Å². The van der Waals surface area contributed by atoms with Gasteiger partial charge in [-0.1, -0.05) is 20.4 Å². The molecule has 5 heteroatoms. The van der Waals surface area contributed by atoms with Crippen molar-refractivity contribution >= 4 is 11.7 Å². The maximum atomic E-state index is 11.6. The molecule has 0 saturated heterocycles. The molecule has 5 nitrogen and oxygen atoms in total. The smallest absolute Gasteiger partial charge is 0.325 e. The number of nitrogens with one attached hydrogen (secondary N) is 1. The lowest BCUT2D eigenvalue weighted by molar-refractivity contribution is 0.255. The topological polar surface area (TPSA) is 71.2 Å². The first-order valence-corrected chi connectivity index (χ1v) is 5.81. The highest BCUT2D eigenvalue weighted by Gasteiger charge is 2.22. The summed E-state index contributed by atoms with van der Waals surface area (Å²) in [5.41, 5.74) is 7.91. The van der Waals surface area contributed by atoms with Crippen molar-refractivity contribution in [2.24, 2.45) is 5.73 Å². The highest BCUT2D eigenvalue weighted by molar-refractivity contribution is 5.95. The summed E-state index contributed by atoms with van der Waals surface area (Å²) in [5.74, 6) is 0.618. The molecule has 1 heterocycles. The maximum Gasteiger partial charge on any atom is 0.325 e. The second kappa shape index (κ2) is 5.53. The molecule has 0 radical (unpaired) electrons. The summed E-state index contributed by atoms with van der Waals surface area (Å²) < 4.78 is 0. The molecule has 98 valence electrons. The first kappa shape index (κ1) is 14.0. The minimum absolute atomic E-state index is 0.186. The van der Waals surface area contributed by atoms with Crippen molar-refractivity contribution in [1.29, 1.82) is 0 Å². The van der Waals surface area contributed by atoms with Crippen LogP contribution in [0.3, 0.4) is 0 Å². The van der Waals surface area contributed by atoms with E-state index >= 15 is 0 Å². The SMILES string of the molecule is C=C(NC)N(C(N)=O)c1c(C)ccnc1C(C)C. The van der Waals surface area contributed by atoms with Gasteiger partial charge in [-0.3, -0.25) is 4.98 Å². The van der Waals surface area contributed by atoms with E-state index in [2.05, 4.69) is 16.9 Å². The molecule has 0 aliphatic carbocycles. The van der Waals surface area contributed by atoms with Gasteiger partial charge in [0.2, 0.25) is 0 Å². The van der Waals surface area contributed by atoms with E-state index < -0.39 is 6.03 Å². The molecule has 0 aromatic carbocycles. The number of primary amides is 1. The van der Waals surface area contributed by atoms with E-state index in [0.29, 0.717) is 11.5 Å². The predicted molar refractivity (Wildman–Crippen MR) is 73.3 cm³/mol. The number of nitrogens with two attached hydrogens (primary N) is 1. The molecule has 0 spiro atoms. The van der Waals surface area contributed by atoms with Crippen LogP contribution < -0.4 is 16.0 Å². The summed E-state index contributed by atoms with van der Waals surface area (Å²) in [6.45, 7) is 9.76. The van der Waals surface area contributed by atoms with Crippen molar-refractivity contribution < 1.29 is 4.79 Å². The second-order valence-corrected chi connectivity index (χ2v) is 4.39. The van der Waals surface area contributed by atoms with Crippen LogP contribution in [-0.2, 0) is 0 Å². The molecule has 0 fully saturated rings. The number of hydrogen-bond donors (Lipinski definition) is 2. The Morgan fingerprint density at radius 3 is 2.61 bits per heavy atom. The van der Waals surface area contributed by atoms with E-state index in [-0.39, 0.29) is 5.92 Å². The van der Waals surface area contributed by atoms with E-state index in [1.807, 2.05) is 26.8 Å². The Bertz CT molecular complexity index is 468. The van der Waals surface area contributed by atoms with Gasteiger partial charge in [-0.15, -0.1) is 0 Å². The third kappa shape index (κ3) is 2.61. The van der Waals surface area contributed by atoms with Gasteiger partial charge in [-0.25, -0.2) is 9.69 Å². The molecule has 1 rings (SSSR count). The van der Waals surface area contributed by atoms with Crippen LogP contribution in [0.5, 0.6) is 0 Å². The Labute approximate surface area is 108 Å². The van der Waals surface area contributed by atoms with Crippen molar-refractivity contribution in [2.45, 2.75) is 26.7 Å². The molecule has 1 aromatic rings. The van der Waals surface area contributed by atoms with E-state index in [0.717, 1.165) is 11.3 Å². The first-order chi connectivity index (χ1) is 8.40. The molecular formula is C13H20N4O. The fourth-order valence-corrected chi connectivity index (χ4v) is 1.77. The predicted octanol–water partition coefficient (Wildman–Crippen LogP) is 2.09. The molecule has 1 aromatic heterocycles. The quantitative estimate of drug-likeness (QED) is 0.857. The highest BCUT2D eigenvalue weighted by atomic mass is 16.2. The van der Waals surface area contributed by atoms with Crippen LogP contribution >= 0.6 is 0 Å². The zero-order chi connectivity index (χ0) is 13.9. The monoisotopic (exact) mass is 248 g/mol. The zero-order valence-corrected chi connectivity index (χ0v) is 11.3. The van der Waals surface area contributed by atoms with E-state index in [1.165, 1.54) is 4.90 Å². The number of aryl methyl sites for hydroxylation is 1. The van der Waals surface area contributed by atoms with Gasteiger partial charge in [0.25, 0.3) is 0 Å². The minimum Gasteiger partial charge on any atom is -0.375 e. The first-order valence-electron chi connectivity index (χ1n) is 5.81. The van der Waals surface area contributed by atoms with Gasteiger partial charge >= 0.3 is 6.03 Å². The highest BCUT2D eigenvalue weighted by Crippen LogP contribution is 2.30. The fourth-order valence-electron chi connectivity index (χ4n) is 1.77. The Balaban J connectivity index is 3.44. The van der Waals surface area contributed by atoms with Crippen LogP contribution in [-0.4, -0.2) is 18.1 Å². The number of nitrogens with zero attached hydrogens (tertiary/aromatic N) is 2. The van der Waals surface area contributed by atoms with Gasteiger partial charge in [0.15, 0.2) is 0 Å². The van der Waals surface area contributed by atoms with Gasteiger partial charge in [0.1, 0.15) is 5.82 Å².